The molecule has 1 unspecified atom stereocenters. The van der Waals surface area contributed by atoms with Gasteiger partial charge in [0.15, 0.2) is 0 Å². The number of hydrogen-bond donors (Lipinski definition) is 2. The van der Waals surface area contributed by atoms with Crippen LogP contribution >= 0.6 is 0 Å². The van der Waals surface area contributed by atoms with Gasteiger partial charge in [0.25, 0.3) is 5.69 Å². The maximum absolute atomic E-state index is 11.3. The van der Waals surface area contributed by atoms with E-state index in [1.807, 2.05) is 0 Å². The van der Waals surface area contributed by atoms with Crippen molar-refractivity contribution in [3.63, 3.8) is 0 Å². The first-order valence-electron chi connectivity index (χ1n) is 6.50. The summed E-state index contributed by atoms with van der Waals surface area (Å²) in [4.78, 5) is 23.7. The molecule has 2 rings (SSSR count). The van der Waals surface area contributed by atoms with Gasteiger partial charge in [-0.05, 0) is 31.4 Å². The average molecular weight is 279 g/mol. The zero-order chi connectivity index (χ0) is 14.7. The second-order valence-corrected chi connectivity index (χ2v) is 4.85. The zero-order valence-corrected chi connectivity index (χ0v) is 11.0. The van der Waals surface area contributed by atoms with Crippen molar-refractivity contribution in [2.45, 2.75) is 25.3 Å². The van der Waals surface area contributed by atoms with Gasteiger partial charge < -0.3 is 15.7 Å². The van der Waals surface area contributed by atoms with Gasteiger partial charge in [0.05, 0.1) is 17.6 Å². The van der Waals surface area contributed by atoms with Crippen molar-refractivity contribution in [2.75, 3.05) is 18.1 Å². The predicted molar refractivity (Wildman–Crippen MR) is 73.7 cm³/mol. The molecule has 1 heterocycles. The number of rotatable bonds is 4. The summed E-state index contributed by atoms with van der Waals surface area (Å²) in [6, 6.07) is 3.92. The van der Waals surface area contributed by atoms with E-state index in [-0.39, 0.29) is 23.9 Å². The number of benzene rings is 1. The van der Waals surface area contributed by atoms with Gasteiger partial charge in [-0.25, -0.2) is 0 Å². The number of aliphatic hydroxyl groups excluding tert-OH is 1. The number of aliphatic hydroxyl groups is 1. The molecule has 0 aromatic heterocycles. The summed E-state index contributed by atoms with van der Waals surface area (Å²) in [6.45, 7) is 0.548. The van der Waals surface area contributed by atoms with Crippen LogP contribution in [-0.4, -0.2) is 35.1 Å². The van der Waals surface area contributed by atoms with Gasteiger partial charge in [-0.3, -0.25) is 14.9 Å². The van der Waals surface area contributed by atoms with E-state index in [0.717, 1.165) is 19.3 Å². The van der Waals surface area contributed by atoms with Gasteiger partial charge in [-0.1, -0.05) is 0 Å². The van der Waals surface area contributed by atoms with Crippen LogP contribution in [0.15, 0.2) is 18.2 Å². The molecule has 3 N–H and O–H groups in total. The molecule has 1 saturated heterocycles. The molecule has 1 aliphatic heterocycles. The molecule has 1 fully saturated rings. The molecule has 0 aliphatic carbocycles. The quantitative estimate of drug-likeness (QED) is 0.632. The number of nitro groups is 1. The zero-order valence-electron chi connectivity index (χ0n) is 11.0. The molecule has 1 amide bonds. The summed E-state index contributed by atoms with van der Waals surface area (Å²) in [7, 11) is 0. The van der Waals surface area contributed by atoms with Gasteiger partial charge in [0, 0.05) is 18.2 Å². The lowest BCUT2D eigenvalue weighted by molar-refractivity contribution is -0.384. The Kier molecular flexibility index (Phi) is 4.19. The molecule has 7 nitrogen and oxygen atoms in total. The van der Waals surface area contributed by atoms with E-state index < -0.39 is 10.8 Å². The highest BCUT2D eigenvalue weighted by molar-refractivity contribution is 5.94. The van der Waals surface area contributed by atoms with Crippen LogP contribution in [0.1, 0.15) is 29.6 Å². The molecule has 0 saturated carbocycles. The average Bonchev–Trinajstić information content (AvgIpc) is 2.46. The molecule has 20 heavy (non-hydrogen) atoms. The Morgan fingerprint density at radius 2 is 2.25 bits per heavy atom. The molecule has 1 aliphatic rings. The first kappa shape index (κ1) is 14.3. The number of carbonyl (C=O) groups is 1. The second kappa shape index (κ2) is 5.87. The van der Waals surface area contributed by atoms with Crippen LogP contribution < -0.4 is 10.6 Å². The first-order chi connectivity index (χ1) is 9.54. The van der Waals surface area contributed by atoms with Crippen LogP contribution in [0, 0.1) is 10.1 Å². The molecule has 1 atom stereocenters. The predicted octanol–water partition coefficient (Wildman–Crippen LogP) is 1.04. The largest absolute Gasteiger partial charge is 0.394 e. The lowest BCUT2D eigenvalue weighted by Crippen LogP contribution is -2.42. The van der Waals surface area contributed by atoms with Crippen molar-refractivity contribution in [1.82, 2.24) is 0 Å². The van der Waals surface area contributed by atoms with E-state index in [1.54, 1.807) is 4.90 Å². The number of nitro benzene ring substituents is 1. The van der Waals surface area contributed by atoms with E-state index in [1.165, 1.54) is 18.2 Å². The molecule has 0 radical (unpaired) electrons. The SMILES string of the molecule is NC(=O)c1ccc([N+](=O)[O-])c(N2CCCCC2CO)c1. The van der Waals surface area contributed by atoms with E-state index in [2.05, 4.69) is 0 Å². The maximum Gasteiger partial charge on any atom is 0.292 e. The van der Waals surface area contributed by atoms with E-state index in [9.17, 15) is 20.0 Å². The molecular weight excluding hydrogens is 262 g/mol. The van der Waals surface area contributed by atoms with E-state index in [4.69, 9.17) is 5.73 Å². The van der Waals surface area contributed by atoms with E-state index in [0.29, 0.717) is 12.2 Å². The summed E-state index contributed by atoms with van der Waals surface area (Å²) in [5, 5.41) is 20.6. The fraction of sp³-hybridized carbons (Fsp3) is 0.462. The van der Waals surface area contributed by atoms with Gasteiger partial charge in [-0.2, -0.15) is 0 Å². The van der Waals surface area contributed by atoms with Crippen LogP contribution in [0.3, 0.4) is 0 Å². The van der Waals surface area contributed by atoms with Gasteiger partial charge in [0.1, 0.15) is 5.69 Å². The van der Waals surface area contributed by atoms with Crippen LogP contribution in [0.25, 0.3) is 0 Å². The highest BCUT2D eigenvalue weighted by Crippen LogP contribution is 2.33. The summed E-state index contributed by atoms with van der Waals surface area (Å²) in [5.74, 6) is -0.626. The van der Waals surface area contributed by atoms with Gasteiger partial charge in [0.2, 0.25) is 5.91 Å². The van der Waals surface area contributed by atoms with Crippen molar-refractivity contribution >= 4 is 17.3 Å². The van der Waals surface area contributed by atoms with E-state index >= 15 is 0 Å². The number of primary amides is 1. The van der Waals surface area contributed by atoms with Gasteiger partial charge in [-0.15, -0.1) is 0 Å². The maximum atomic E-state index is 11.3. The Bertz CT molecular complexity index is 532. The van der Waals surface area contributed by atoms with Crippen molar-refractivity contribution in [3.8, 4) is 0 Å². The molecule has 0 spiro atoms. The lowest BCUT2D eigenvalue weighted by atomic mass is 10.0. The molecule has 1 aromatic carbocycles. The summed E-state index contributed by atoms with van der Waals surface area (Å²) < 4.78 is 0. The number of anilines is 1. The normalized spacial score (nSPS) is 18.9. The second-order valence-electron chi connectivity index (χ2n) is 4.85. The highest BCUT2D eigenvalue weighted by Gasteiger charge is 2.28. The number of piperidine rings is 1. The monoisotopic (exact) mass is 279 g/mol. The number of amides is 1. The van der Waals surface area contributed by atoms with Crippen molar-refractivity contribution in [1.29, 1.82) is 0 Å². The minimum absolute atomic E-state index is 0.0715. The lowest BCUT2D eigenvalue weighted by Gasteiger charge is -2.36. The molecule has 108 valence electrons. The summed E-state index contributed by atoms with van der Waals surface area (Å²) >= 11 is 0. The number of nitrogens with zero attached hydrogens (tertiary/aromatic N) is 2. The topological polar surface area (TPSA) is 110 Å². The van der Waals surface area contributed by atoms with Crippen LogP contribution in [-0.2, 0) is 0 Å². The number of carbonyl (C=O) groups excluding carboxylic acids is 1. The Morgan fingerprint density at radius 1 is 1.50 bits per heavy atom. The van der Waals surface area contributed by atoms with Crippen molar-refractivity contribution < 1.29 is 14.8 Å². The third-order valence-corrected chi connectivity index (χ3v) is 3.60. The first-order valence-corrected chi connectivity index (χ1v) is 6.50. The minimum Gasteiger partial charge on any atom is -0.394 e. The fourth-order valence-corrected chi connectivity index (χ4v) is 2.57. The number of hydrogen-bond acceptors (Lipinski definition) is 5. The summed E-state index contributed by atoms with van der Waals surface area (Å²) in [6.07, 6.45) is 2.65. The molecular formula is C13H17N3O4. The van der Waals surface area contributed by atoms with Crippen LogP contribution in [0.4, 0.5) is 11.4 Å². The Balaban J connectivity index is 2.47. The van der Waals surface area contributed by atoms with Crippen molar-refractivity contribution in [2.24, 2.45) is 5.73 Å². The van der Waals surface area contributed by atoms with Crippen molar-refractivity contribution in [3.05, 3.63) is 33.9 Å². The fourth-order valence-electron chi connectivity index (χ4n) is 2.57. The summed E-state index contributed by atoms with van der Waals surface area (Å²) in [5.41, 5.74) is 5.74. The highest BCUT2D eigenvalue weighted by atomic mass is 16.6. The molecule has 7 heteroatoms. The van der Waals surface area contributed by atoms with Gasteiger partial charge >= 0.3 is 0 Å². The third kappa shape index (κ3) is 2.72. The molecule has 0 bridgehead atoms. The minimum atomic E-state index is -0.626. The Hall–Kier alpha value is -2.15. The Labute approximate surface area is 116 Å². The Morgan fingerprint density at radius 3 is 2.85 bits per heavy atom. The number of nitrogens with two attached hydrogens (primary N) is 1. The molecule has 1 aromatic rings. The standard InChI is InChI=1S/C13H17N3O4/c14-13(18)9-4-5-11(16(19)20)12(7-9)15-6-2-1-3-10(15)8-17/h4-5,7,10,17H,1-3,6,8H2,(H2,14,18). The van der Waals surface area contributed by atoms with Crippen LogP contribution in [0.2, 0.25) is 0 Å². The smallest absolute Gasteiger partial charge is 0.292 e. The van der Waals surface area contributed by atoms with Crippen LogP contribution in [0.5, 0.6) is 0 Å². The third-order valence-electron chi connectivity index (χ3n) is 3.60.